The fourth-order valence-corrected chi connectivity index (χ4v) is 3.75. The van der Waals surface area contributed by atoms with Crippen LogP contribution in [0.25, 0.3) is 0 Å². The number of ether oxygens (including phenoxy) is 2. The van der Waals surface area contributed by atoms with Gasteiger partial charge in [-0.2, -0.15) is 0 Å². The molecule has 0 saturated carbocycles. The minimum Gasteiger partial charge on any atom is -0.482 e. The van der Waals surface area contributed by atoms with E-state index in [0.717, 1.165) is 5.56 Å². The molecule has 29 heavy (non-hydrogen) atoms. The third kappa shape index (κ3) is 5.14. The Morgan fingerprint density at radius 3 is 2.10 bits per heavy atom. The van der Waals surface area contributed by atoms with Crippen molar-refractivity contribution in [3.8, 4) is 11.5 Å². The molecule has 0 atom stereocenters. The molecule has 150 valence electrons. The highest BCUT2D eigenvalue weighted by Gasteiger charge is 2.21. The van der Waals surface area contributed by atoms with Crippen molar-refractivity contribution in [2.75, 3.05) is 18.0 Å². The van der Waals surface area contributed by atoms with Crippen LogP contribution in [0.5, 0.6) is 11.5 Å². The Bertz CT molecular complexity index is 1060. The number of hydrogen-bond donors (Lipinski definition) is 0. The standard InChI is InChI=1S/C22H21NO5S/c1-17-8-14-21(15-9-17)29(25,26)23(2)18-10-12-19(13-11-18)27-16-22(24)28-20-6-4-3-5-7-20/h3-15H,16H2,1-2H3. The third-order valence-electron chi connectivity index (χ3n) is 4.21. The quantitative estimate of drug-likeness (QED) is 0.437. The van der Waals surface area contributed by atoms with Crippen LogP contribution in [0.4, 0.5) is 5.69 Å². The van der Waals surface area contributed by atoms with Crippen molar-refractivity contribution in [2.45, 2.75) is 11.8 Å². The zero-order chi connectivity index (χ0) is 20.9. The van der Waals surface area contributed by atoms with Crippen LogP contribution in [0, 0.1) is 6.92 Å². The molecule has 3 aromatic carbocycles. The van der Waals surface area contributed by atoms with Gasteiger partial charge in [-0.25, -0.2) is 13.2 Å². The molecule has 0 aliphatic carbocycles. The first-order chi connectivity index (χ1) is 13.9. The van der Waals surface area contributed by atoms with Gasteiger partial charge in [0.05, 0.1) is 10.6 Å². The van der Waals surface area contributed by atoms with Gasteiger partial charge >= 0.3 is 5.97 Å². The number of rotatable bonds is 7. The number of sulfonamides is 1. The maximum Gasteiger partial charge on any atom is 0.349 e. The summed E-state index contributed by atoms with van der Waals surface area (Å²) in [4.78, 5) is 12.1. The smallest absolute Gasteiger partial charge is 0.349 e. The molecule has 0 aromatic heterocycles. The number of anilines is 1. The van der Waals surface area contributed by atoms with E-state index in [1.807, 2.05) is 13.0 Å². The molecule has 0 unspecified atom stereocenters. The number of esters is 1. The molecule has 3 rings (SSSR count). The number of hydrogen-bond acceptors (Lipinski definition) is 5. The summed E-state index contributed by atoms with van der Waals surface area (Å²) in [6, 6.07) is 21.8. The molecule has 0 heterocycles. The lowest BCUT2D eigenvalue weighted by atomic mass is 10.2. The first-order valence-corrected chi connectivity index (χ1v) is 10.3. The normalized spacial score (nSPS) is 11.0. The Balaban J connectivity index is 1.62. The Labute approximate surface area is 170 Å². The number of carbonyl (C=O) groups excluding carboxylic acids is 1. The molecule has 0 amide bonds. The zero-order valence-corrected chi connectivity index (χ0v) is 16.9. The van der Waals surface area contributed by atoms with Gasteiger partial charge in [0.25, 0.3) is 10.0 Å². The van der Waals surface area contributed by atoms with Crippen molar-refractivity contribution >= 4 is 21.7 Å². The van der Waals surface area contributed by atoms with Gasteiger partial charge < -0.3 is 9.47 Å². The largest absolute Gasteiger partial charge is 0.482 e. The molecule has 7 heteroatoms. The number of benzene rings is 3. The topological polar surface area (TPSA) is 72.9 Å². The fourth-order valence-electron chi connectivity index (χ4n) is 2.55. The molecule has 0 radical (unpaired) electrons. The molecule has 0 fully saturated rings. The lowest BCUT2D eigenvalue weighted by molar-refractivity contribution is -0.136. The summed E-state index contributed by atoms with van der Waals surface area (Å²) >= 11 is 0. The van der Waals surface area contributed by atoms with Gasteiger partial charge in [-0.05, 0) is 55.5 Å². The van der Waals surface area contributed by atoms with E-state index < -0.39 is 16.0 Å². The predicted molar refractivity (Wildman–Crippen MR) is 111 cm³/mol. The van der Waals surface area contributed by atoms with Crippen LogP contribution in [0.1, 0.15) is 5.56 Å². The Hall–Kier alpha value is -3.32. The second-order valence-electron chi connectivity index (χ2n) is 6.36. The second kappa shape index (κ2) is 8.79. The van der Waals surface area contributed by atoms with E-state index in [4.69, 9.17) is 9.47 Å². The highest BCUT2D eigenvalue weighted by molar-refractivity contribution is 7.92. The van der Waals surface area contributed by atoms with Gasteiger partial charge in [0, 0.05) is 7.05 Å². The van der Waals surface area contributed by atoms with Gasteiger partial charge in [0.1, 0.15) is 11.5 Å². The average molecular weight is 411 g/mol. The van der Waals surface area contributed by atoms with E-state index in [1.165, 1.54) is 11.4 Å². The second-order valence-corrected chi connectivity index (χ2v) is 8.32. The monoisotopic (exact) mass is 411 g/mol. The summed E-state index contributed by atoms with van der Waals surface area (Å²) in [6.07, 6.45) is 0. The van der Waals surface area contributed by atoms with E-state index in [9.17, 15) is 13.2 Å². The van der Waals surface area contributed by atoms with Crippen molar-refractivity contribution in [3.63, 3.8) is 0 Å². The van der Waals surface area contributed by atoms with Crippen molar-refractivity contribution in [1.82, 2.24) is 0 Å². The van der Waals surface area contributed by atoms with Crippen LogP contribution in [0.15, 0.2) is 83.8 Å². The van der Waals surface area contributed by atoms with Crippen molar-refractivity contribution in [3.05, 3.63) is 84.4 Å². The van der Waals surface area contributed by atoms with Crippen molar-refractivity contribution < 1.29 is 22.7 Å². The predicted octanol–water partition coefficient (Wildman–Crippen LogP) is 3.80. The van der Waals surface area contributed by atoms with Crippen LogP contribution in [0.2, 0.25) is 0 Å². The molecule has 0 N–H and O–H groups in total. The summed E-state index contributed by atoms with van der Waals surface area (Å²) in [7, 11) is -2.18. The summed E-state index contributed by atoms with van der Waals surface area (Å²) in [5, 5.41) is 0. The molecule has 0 aliphatic rings. The van der Waals surface area contributed by atoms with Gasteiger partial charge in [0.2, 0.25) is 0 Å². The Morgan fingerprint density at radius 2 is 1.48 bits per heavy atom. The fraction of sp³-hybridized carbons (Fsp3) is 0.136. The Morgan fingerprint density at radius 1 is 0.862 bits per heavy atom. The van der Waals surface area contributed by atoms with E-state index in [0.29, 0.717) is 17.2 Å². The number of nitrogens with zero attached hydrogens (tertiary/aromatic N) is 1. The van der Waals surface area contributed by atoms with Crippen LogP contribution in [-0.2, 0) is 14.8 Å². The van der Waals surface area contributed by atoms with Crippen molar-refractivity contribution in [1.29, 1.82) is 0 Å². The zero-order valence-electron chi connectivity index (χ0n) is 16.1. The molecule has 0 saturated heterocycles. The minimum atomic E-state index is -3.66. The molecule has 0 bridgehead atoms. The number of carbonyl (C=O) groups is 1. The highest BCUT2D eigenvalue weighted by atomic mass is 32.2. The Kier molecular flexibility index (Phi) is 6.19. The first-order valence-electron chi connectivity index (χ1n) is 8.90. The van der Waals surface area contributed by atoms with Crippen LogP contribution >= 0.6 is 0 Å². The van der Waals surface area contributed by atoms with E-state index >= 15 is 0 Å². The lowest BCUT2D eigenvalue weighted by Gasteiger charge is -2.20. The molecule has 3 aromatic rings. The summed E-state index contributed by atoms with van der Waals surface area (Å²) in [5.74, 6) is 0.346. The SMILES string of the molecule is Cc1ccc(S(=O)(=O)N(C)c2ccc(OCC(=O)Oc3ccccc3)cc2)cc1. The average Bonchev–Trinajstić information content (AvgIpc) is 2.73. The van der Waals surface area contributed by atoms with Gasteiger partial charge in [-0.3, -0.25) is 4.31 Å². The van der Waals surface area contributed by atoms with Crippen LogP contribution in [-0.4, -0.2) is 28.0 Å². The molecule has 0 aliphatic heterocycles. The molecular formula is C22H21NO5S. The van der Waals surface area contributed by atoms with E-state index in [2.05, 4.69) is 0 Å². The molecule has 0 spiro atoms. The van der Waals surface area contributed by atoms with Crippen LogP contribution < -0.4 is 13.8 Å². The molecular weight excluding hydrogens is 390 g/mol. The summed E-state index contributed by atoms with van der Waals surface area (Å²) < 4.78 is 37.3. The van der Waals surface area contributed by atoms with E-state index in [1.54, 1.807) is 72.8 Å². The third-order valence-corrected chi connectivity index (χ3v) is 6.01. The number of para-hydroxylation sites is 1. The molecule has 6 nitrogen and oxygen atoms in total. The highest BCUT2D eigenvalue weighted by Crippen LogP contribution is 2.24. The maximum absolute atomic E-state index is 12.8. The maximum atomic E-state index is 12.8. The van der Waals surface area contributed by atoms with Gasteiger partial charge in [0.15, 0.2) is 6.61 Å². The number of aryl methyl sites for hydroxylation is 1. The van der Waals surface area contributed by atoms with Gasteiger partial charge in [-0.15, -0.1) is 0 Å². The van der Waals surface area contributed by atoms with E-state index in [-0.39, 0.29) is 11.5 Å². The minimum absolute atomic E-state index is 0.217. The summed E-state index contributed by atoms with van der Waals surface area (Å²) in [6.45, 7) is 1.64. The summed E-state index contributed by atoms with van der Waals surface area (Å²) in [5.41, 5.74) is 1.46. The first kappa shape index (κ1) is 20.4. The lowest BCUT2D eigenvalue weighted by Crippen LogP contribution is -2.26. The van der Waals surface area contributed by atoms with Crippen LogP contribution in [0.3, 0.4) is 0 Å². The van der Waals surface area contributed by atoms with Gasteiger partial charge in [-0.1, -0.05) is 35.9 Å². The van der Waals surface area contributed by atoms with Crippen molar-refractivity contribution in [2.24, 2.45) is 0 Å².